The molecular formula is C19H20N4O2. The maximum absolute atomic E-state index is 12.6. The Morgan fingerprint density at radius 3 is 2.52 bits per heavy atom. The van der Waals surface area contributed by atoms with E-state index in [9.17, 15) is 4.79 Å². The lowest BCUT2D eigenvalue weighted by Gasteiger charge is -2.16. The summed E-state index contributed by atoms with van der Waals surface area (Å²) in [4.78, 5) is 18.2. The van der Waals surface area contributed by atoms with E-state index in [2.05, 4.69) is 15.2 Å². The van der Waals surface area contributed by atoms with Gasteiger partial charge in [0.1, 0.15) is 5.75 Å². The van der Waals surface area contributed by atoms with Crippen LogP contribution in [0.2, 0.25) is 0 Å². The number of nitrogens with zero attached hydrogens (tertiary/aromatic N) is 3. The van der Waals surface area contributed by atoms with Crippen LogP contribution in [0.3, 0.4) is 0 Å². The number of hydrogen-bond donors (Lipinski definition) is 1. The zero-order chi connectivity index (χ0) is 17.8. The van der Waals surface area contributed by atoms with Crippen LogP contribution in [0.4, 0.5) is 5.69 Å². The van der Waals surface area contributed by atoms with Crippen LogP contribution in [-0.4, -0.2) is 28.1 Å². The predicted octanol–water partition coefficient (Wildman–Crippen LogP) is 4.00. The Bertz CT molecular complexity index is 841. The van der Waals surface area contributed by atoms with Gasteiger partial charge in [-0.15, -0.1) is 0 Å². The van der Waals surface area contributed by atoms with Gasteiger partial charge < -0.3 is 9.64 Å². The zero-order valence-electron chi connectivity index (χ0n) is 14.4. The topological polar surface area (TPSA) is 71.1 Å². The number of aromatic amines is 1. The molecule has 0 fully saturated rings. The van der Waals surface area contributed by atoms with Crippen molar-refractivity contribution in [1.29, 1.82) is 0 Å². The molecule has 3 aromatic rings. The van der Waals surface area contributed by atoms with Gasteiger partial charge in [-0.1, -0.05) is 19.9 Å². The normalized spacial score (nSPS) is 10.7. The van der Waals surface area contributed by atoms with Gasteiger partial charge >= 0.3 is 0 Å². The Labute approximate surface area is 146 Å². The van der Waals surface area contributed by atoms with Crippen molar-refractivity contribution in [3.05, 3.63) is 66.1 Å². The van der Waals surface area contributed by atoms with Crippen molar-refractivity contribution in [3.63, 3.8) is 0 Å². The number of aromatic nitrogens is 3. The van der Waals surface area contributed by atoms with Gasteiger partial charge in [-0.2, -0.15) is 5.10 Å². The third-order valence-electron chi connectivity index (χ3n) is 3.83. The van der Waals surface area contributed by atoms with Crippen LogP contribution < -0.4 is 9.64 Å². The largest absolute Gasteiger partial charge is 0.439 e. The number of anilines is 1. The second kappa shape index (κ2) is 7.17. The molecule has 128 valence electrons. The zero-order valence-corrected chi connectivity index (χ0v) is 14.4. The van der Waals surface area contributed by atoms with Gasteiger partial charge in [0.2, 0.25) is 5.88 Å². The van der Waals surface area contributed by atoms with Crippen LogP contribution in [-0.2, 0) is 0 Å². The molecule has 1 amide bonds. The van der Waals surface area contributed by atoms with Crippen molar-refractivity contribution >= 4 is 11.6 Å². The Morgan fingerprint density at radius 2 is 1.92 bits per heavy atom. The summed E-state index contributed by atoms with van der Waals surface area (Å²) in [6.45, 7) is 4.09. The van der Waals surface area contributed by atoms with Crippen molar-refractivity contribution < 1.29 is 9.53 Å². The van der Waals surface area contributed by atoms with Crippen LogP contribution in [0, 0.1) is 0 Å². The summed E-state index contributed by atoms with van der Waals surface area (Å²) in [6, 6.07) is 14.5. The molecule has 0 bridgehead atoms. The summed E-state index contributed by atoms with van der Waals surface area (Å²) in [5.41, 5.74) is 2.10. The Hall–Kier alpha value is -3.15. The molecule has 0 saturated heterocycles. The quantitative estimate of drug-likeness (QED) is 0.764. The highest BCUT2D eigenvalue weighted by molar-refractivity contribution is 6.04. The lowest BCUT2D eigenvalue weighted by Crippen LogP contribution is -2.26. The highest BCUT2D eigenvalue weighted by Crippen LogP contribution is 2.23. The van der Waals surface area contributed by atoms with E-state index in [4.69, 9.17) is 4.74 Å². The molecule has 2 heterocycles. The number of ether oxygens (including phenoxy) is 1. The molecule has 2 aromatic heterocycles. The summed E-state index contributed by atoms with van der Waals surface area (Å²) >= 11 is 0. The molecule has 0 saturated carbocycles. The predicted molar refractivity (Wildman–Crippen MR) is 96.2 cm³/mol. The summed E-state index contributed by atoms with van der Waals surface area (Å²) in [5.74, 6) is 1.31. The lowest BCUT2D eigenvalue weighted by molar-refractivity contribution is 0.0988. The van der Waals surface area contributed by atoms with Gasteiger partial charge in [0.25, 0.3) is 5.91 Å². The summed E-state index contributed by atoms with van der Waals surface area (Å²) in [5, 5.41) is 7.01. The van der Waals surface area contributed by atoms with Crippen LogP contribution in [0.1, 0.15) is 35.9 Å². The molecule has 25 heavy (non-hydrogen) atoms. The number of rotatable bonds is 5. The molecule has 6 heteroatoms. The van der Waals surface area contributed by atoms with E-state index >= 15 is 0 Å². The minimum absolute atomic E-state index is 0.165. The number of carbonyl (C=O) groups excluding carboxylic acids is 1. The monoisotopic (exact) mass is 336 g/mol. The Kier molecular flexibility index (Phi) is 4.79. The van der Waals surface area contributed by atoms with Crippen LogP contribution in [0.25, 0.3) is 0 Å². The van der Waals surface area contributed by atoms with Crippen LogP contribution in [0.15, 0.2) is 54.7 Å². The number of H-pyrrole nitrogens is 1. The Morgan fingerprint density at radius 1 is 1.16 bits per heavy atom. The number of carbonyl (C=O) groups is 1. The number of nitrogens with one attached hydrogen (secondary N) is 1. The average Bonchev–Trinajstić information content (AvgIpc) is 3.12. The molecule has 0 aliphatic carbocycles. The maximum atomic E-state index is 12.6. The fourth-order valence-corrected chi connectivity index (χ4v) is 2.30. The van der Waals surface area contributed by atoms with Crippen molar-refractivity contribution in [2.75, 3.05) is 11.9 Å². The summed E-state index contributed by atoms with van der Waals surface area (Å²) in [7, 11) is 1.72. The second-order valence-corrected chi connectivity index (χ2v) is 5.99. The minimum atomic E-state index is -0.165. The maximum Gasteiger partial charge on any atom is 0.278 e. The number of hydrogen-bond acceptors (Lipinski definition) is 4. The minimum Gasteiger partial charge on any atom is -0.439 e. The highest BCUT2D eigenvalue weighted by Gasteiger charge is 2.17. The van der Waals surface area contributed by atoms with E-state index < -0.39 is 0 Å². The standard InChI is InChI=1S/C19H20N4O2/c1-13(2)16-12-17(22-21-16)19(24)23(3)14-7-9-15(10-8-14)25-18-6-4-5-11-20-18/h4-13H,1-3H3,(H,21,22). The molecule has 1 N–H and O–H groups in total. The van der Waals surface area contributed by atoms with Crippen molar-refractivity contribution in [3.8, 4) is 11.6 Å². The van der Waals surface area contributed by atoms with E-state index in [1.165, 1.54) is 0 Å². The van der Waals surface area contributed by atoms with E-state index in [0.29, 0.717) is 23.2 Å². The third-order valence-corrected chi connectivity index (χ3v) is 3.83. The molecule has 0 unspecified atom stereocenters. The van der Waals surface area contributed by atoms with E-state index in [1.54, 1.807) is 42.4 Å². The molecule has 0 aliphatic heterocycles. The smallest absolute Gasteiger partial charge is 0.278 e. The van der Waals surface area contributed by atoms with Crippen LogP contribution >= 0.6 is 0 Å². The molecule has 0 spiro atoms. The highest BCUT2D eigenvalue weighted by atomic mass is 16.5. The molecule has 1 aromatic carbocycles. The van der Waals surface area contributed by atoms with Gasteiger partial charge in [-0.3, -0.25) is 9.89 Å². The van der Waals surface area contributed by atoms with Gasteiger partial charge in [-0.25, -0.2) is 4.98 Å². The van der Waals surface area contributed by atoms with E-state index in [-0.39, 0.29) is 5.91 Å². The average molecular weight is 336 g/mol. The van der Waals surface area contributed by atoms with Gasteiger partial charge in [0, 0.05) is 30.7 Å². The fraction of sp³-hybridized carbons (Fsp3) is 0.211. The van der Waals surface area contributed by atoms with Gasteiger partial charge in [0.05, 0.1) is 0 Å². The SMILES string of the molecule is CC(C)c1cc(C(=O)N(C)c2ccc(Oc3ccccn3)cc2)n[nH]1. The first kappa shape index (κ1) is 16.7. The number of pyridine rings is 1. The van der Waals surface area contributed by atoms with Crippen molar-refractivity contribution in [1.82, 2.24) is 15.2 Å². The summed E-state index contributed by atoms with van der Waals surface area (Å²) in [6.07, 6.45) is 1.67. The lowest BCUT2D eigenvalue weighted by atomic mass is 10.1. The first-order valence-corrected chi connectivity index (χ1v) is 8.07. The van der Waals surface area contributed by atoms with Crippen molar-refractivity contribution in [2.24, 2.45) is 0 Å². The number of benzene rings is 1. The van der Waals surface area contributed by atoms with E-state index in [1.807, 2.05) is 38.1 Å². The number of amides is 1. The molecule has 0 atom stereocenters. The first-order chi connectivity index (χ1) is 12.0. The molecular weight excluding hydrogens is 316 g/mol. The fourth-order valence-electron chi connectivity index (χ4n) is 2.30. The second-order valence-electron chi connectivity index (χ2n) is 5.99. The van der Waals surface area contributed by atoms with Gasteiger partial charge in [-0.05, 0) is 42.3 Å². The van der Waals surface area contributed by atoms with Crippen LogP contribution in [0.5, 0.6) is 11.6 Å². The summed E-state index contributed by atoms with van der Waals surface area (Å²) < 4.78 is 5.66. The molecule has 0 aliphatic rings. The molecule has 0 radical (unpaired) electrons. The third kappa shape index (κ3) is 3.85. The van der Waals surface area contributed by atoms with E-state index in [0.717, 1.165) is 11.4 Å². The van der Waals surface area contributed by atoms with Crippen molar-refractivity contribution in [2.45, 2.75) is 19.8 Å². The van der Waals surface area contributed by atoms with Gasteiger partial charge in [0.15, 0.2) is 5.69 Å². The molecule has 3 rings (SSSR count). The molecule has 6 nitrogen and oxygen atoms in total. The Balaban J connectivity index is 1.71. The first-order valence-electron chi connectivity index (χ1n) is 8.07.